The van der Waals surface area contributed by atoms with Gasteiger partial charge in [0, 0.05) is 16.1 Å². The fourth-order valence-corrected chi connectivity index (χ4v) is 1.89. The number of ether oxygens (including phenoxy) is 1. The number of rotatable bonds is 5. The smallest absolute Gasteiger partial charge is 0.276 e. The number of halogens is 2. The topological polar surface area (TPSA) is 67.4 Å². The summed E-state index contributed by atoms with van der Waals surface area (Å²) in [6, 6.07) is 13.6. The Morgan fingerprint density at radius 3 is 2.12 bits per heavy atom. The molecule has 2 amide bonds. The predicted octanol–water partition coefficient (Wildman–Crippen LogP) is 3.23. The van der Waals surface area contributed by atoms with E-state index < -0.39 is 11.8 Å². The molecule has 2 aromatic rings. The number of carbonyl (C=O) groups is 2. The molecule has 0 saturated heterocycles. The molecule has 0 fully saturated rings. The highest BCUT2D eigenvalue weighted by Gasteiger charge is 2.03. The molecule has 7 heteroatoms. The first-order valence-corrected chi connectivity index (χ1v) is 7.69. The van der Waals surface area contributed by atoms with Crippen LogP contribution in [-0.2, 0) is 9.59 Å². The Kier molecular flexibility index (Phi) is 6.66. The summed E-state index contributed by atoms with van der Waals surface area (Å²) in [4.78, 5) is 23.2. The molecule has 0 aliphatic heterocycles. The number of hydrazine groups is 1. The fraction of sp³-hybridized carbons (Fsp3) is 0.0588. The minimum Gasteiger partial charge on any atom is -0.484 e. The molecule has 0 radical (unpaired) electrons. The van der Waals surface area contributed by atoms with Crippen molar-refractivity contribution in [1.82, 2.24) is 10.9 Å². The molecular weight excluding hydrogens is 351 g/mol. The van der Waals surface area contributed by atoms with Gasteiger partial charge in [-0.1, -0.05) is 35.3 Å². The monoisotopic (exact) mass is 364 g/mol. The lowest BCUT2D eigenvalue weighted by molar-refractivity contribution is -0.128. The lowest BCUT2D eigenvalue weighted by Crippen LogP contribution is -2.43. The number of carbonyl (C=O) groups excluding carboxylic acids is 2. The molecule has 0 spiro atoms. The van der Waals surface area contributed by atoms with Crippen LogP contribution in [0.5, 0.6) is 5.75 Å². The molecule has 2 N–H and O–H groups in total. The van der Waals surface area contributed by atoms with Gasteiger partial charge in [0.1, 0.15) is 5.75 Å². The van der Waals surface area contributed by atoms with Crippen LogP contribution in [0.1, 0.15) is 5.56 Å². The van der Waals surface area contributed by atoms with Gasteiger partial charge in [-0.15, -0.1) is 0 Å². The van der Waals surface area contributed by atoms with E-state index in [2.05, 4.69) is 10.9 Å². The number of hydrogen-bond donors (Lipinski definition) is 2. The minimum absolute atomic E-state index is 0.233. The second kappa shape index (κ2) is 8.96. The average Bonchev–Trinajstić information content (AvgIpc) is 2.59. The van der Waals surface area contributed by atoms with Crippen LogP contribution < -0.4 is 15.6 Å². The van der Waals surface area contributed by atoms with Gasteiger partial charge in [-0.25, -0.2) is 0 Å². The van der Waals surface area contributed by atoms with E-state index >= 15 is 0 Å². The zero-order valence-corrected chi connectivity index (χ0v) is 14.0. The van der Waals surface area contributed by atoms with Gasteiger partial charge in [0.05, 0.1) is 0 Å². The predicted molar refractivity (Wildman–Crippen MR) is 93.7 cm³/mol. The maximum Gasteiger partial charge on any atom is 0.276 e. The molecule has 0 unspecified atom stereocenters. The van der Waals surface area contributed by atoms with Gasteiger partial charge < -0.3 is 4.74 Å². The van der Waals surface area contributed by atoms with Crippen molar-refractivity contribution in [3.63, 3.8) is 0 Å². The highest BCUT2D eigenvalue weighted by Crippen LogP contribution is 2.15. The molecule has 124 valence electrons. The Bertz CT molecular complexity index is 729. The molecule has 0 aromatic heterocycles. The van der Waals surface area contributed by atoms with Crippen molar-refractivity contribution < 1.29 is 14.3 Å². The van der Waals surface area contributed by atoms with E-state index in [9.17, 15) is 9.59 Å². The Labute approximate surface area is 149 Å². The highest BCUT2D eigenvalue weighted by molar-refractivity contribution is 6.30. The van der Waals surface area contributed by atoms with Crippen molar-refractivity contribution in [2.45, 2.75) is 0 Å². The number of hydrogen-bond acceptors (Lipinski definition) is 3. The molecule has 0 bridgehead atoms. The Hall–Kier alpha value is -2.50. The van der Waals surface area contributed by atoms with Crippen LogP contribution in [0, 0.1) is 0 Å². The summed E-state index contributed by atoms with van der Waals surface area (Å²) >= 11 is 11.5. The second-order valence-electron chi connectivity index (χ2n) is 4.66. The van der Waals surface area contributed by atoms with Crippen molar-refractivity contribution in [2.24, 2.45) is 0 Å². The Balaban J connectivity index is 1.71. The molecule has 5 nitrogen and oxygen atoms in total. The molecule has 0 heterocycles. The number of benzene rings is 2. The van der Waals surface area contributed by atoms with Gasteiger partial charge in [-0.3, -0.25) is 20.4 Å². The zero-order valence-electron chi connectivity index (χ0n) is 12.5. The lowest BCUT2D eigenvalue weighted by Gasteiger charge is -2.07. The van der Waals surface area contributed by atoms with E-state index in [0.717, 1.165) is 5.56 Å². The van der Waals surface area contributed by atoms with Crippen LogP contribution in [0.2, 0.25) is 10.0 Å². The highest BCUT2D eigenvalue weighted by atomic mass is 35.5. The van der Waals surface area contributed by atoms with Crippen LogP contribution in [0.4, 0.5) is 0 Å². The van der Waals surface area contributed by atoms with E-state index in [1.54, 1.807) is 54.6 Å². The van der Waals surface area contributed by atoms with Crippen LogP contribution >= 0.6 is 23.2 Å². The summed E-state index contributed by atoms with van der Waals surface area (Å²) in [5.41, 5.74) is 5.32. The Morgan fingerprint density at radius 1 is 0.917 bits per heavy atom. The third-order valence-electron chi connectivity index (χ3n) is 2.81. The minimum atomic E-state index is -0.488. The third-order valence-corrected chi connectivity index (χ3v) is 3.31. The molecule has 0 saturated carbocycles. The maximum atomic E-state index is 11.6. The van der Waals surface area contributed by atoms with Gasteiger partial charge in [-0.05, 0) is 48.0 Å². The second-order valence-corrected chi connectivity index (χ2v) is 5.54. The number of amides is 2. The molecule has 2 rings (SSSR count). The van der Waals surface area contributed by atoms with Crippen molar-refractivity contribution in [1.29, 1.82) is 0 Å². The van der Waals surface area contributed by atoms with Crippen molar-refractivity contribution in [2.75, 3.05) is 6.61 Å². The van der Waals surface area contributed by atoms with Crippen molar-refractivity contribution >= 4 is 41.1 Å². The first-order chi connectivity index (χ1) is 11.5. The van der Waals surface area contributed by atoms with Crippen LogP contribution in [0.25, 0.3) is 6.08 Å². The first-order valence-electron chi connectivity index (χ1n) is 6.94. The normalized spacial score (nSPS) is 10.4. The van der Waals surface area contributed by atoms with Crippen LogP contribution in [-0.4, -0.2) is 18.4 Å². The summed E-state index contributed by atoms with van der Waals surface area (Å²) in [6.45, 7) is -0.233. The van der Waals surface area contributed by atoms with Crippen LogP contribution in [0.15, 0.2) is 54.6 Å². The number of nitrogens with one attached hydrogen (secondary N) is 2. The van der Waals surface area contributed by atoms with Gasteiger partial charge in [0.15, 0.2) is 6.61 Å². The summed E-state index contributed by atoms with van der Waals surface area (Å²) in [6.07, 6.45) is 2.89. The summed E-state index contributed by atoms with van der Waals surface area (Å²) in [5, 5.41) is 1.19. The van der Waals surface area contributed by atoms with E-state index in [1.165, 1.54) is 6.08 Å². The lowest BCUT2D eigenvalue weighted by atomic mass is 10.2. The third kappa shape index (κ3) is 6.32. The average molecular weight is 365 g/mol. The molecule has 0 atom stereocenters. The van der Waals surface area contributed by atoms with Crippen LogP contribution in [0.3, 0.4) is 0 Å². The van der Waals surface area contributed by atoms with Gasteiger partial charge >= 0.3 is 0 Å². The molecule has 24 heavy (non-hydrogen) atoms. The largest absolute Gasteiger partial charge is 0.484 e. The van der Waals surface area contributed by atoms with Gasteiger partial charge in [-0.2, -0.15) is 0 Å². The quantitative estimate of drug-likeness (QED) is 0.632. The molecular formula is C17H14Cl2N2O3. The van der Waals surface area contributed by atoms with E-state index in [4.69, 9.17) is 27.9 Å². The molecule has 0 aliphatic rings. The van der Waals surface area contributed by atoms with E-state index in [0.29, 0.717) is 15.8 Å². The molecule has 2 aromatic carbocycles. The summed E-state index contributed by atoms with van der Waals surface area (Å²) in [5.74, 6) is -0.452. The van der Waals surface area contributed by atoms with E-state index in [-0.39, 0.29) is 6.61 Å². The first kappa shape index (κ1) is 17.8. The maximum absolute atomic E-state index is 11.6. The summed E-state index contributed by atoms with van der Waals surface area (Å²) in [7, 11) is 0. The van der Waals surface area contributed by atoms with Gasteiger partial charge in [0.2, 0.25) is 0 Å². The standard InChI is InChI=1S/C17H14Cl2N2O3/c18-13-4-1-12(2-5-13)3-10-16(22)20-21-17(23)11-24-15-8-6-14(19)7-9-15/h1-10H,11H2,(H,20,22)(H,21,23)/b10-3+. The SMILES string of the molecule is O=C(/C=C/c1ccc(Cl)cc1)NNC(=O)COc1ccc(Cl)cc1. The molecule has 0 aliphatic carbocycles. The van der Waals surface area contributed by atoms with E-state index in [1.807, 2.05) is 0 Å². The summed E-state index contributed by atoms with van der Waals surface area (Å²) < 4.78 is 5.24. The fourth-order valence-electron chi connectivity index (χ4n) is 1.63. The van der Waals surface area contributed by atoms with Crippen molar-refractivity contribution in [3.05, 3.63) is 70.2 Å². The Morgan fingerprint density at radius 2 is 1.50 bits per heavy atom. The van der Waals surface area contributed by atoms with Crippen molar-refractivity contribution in [3.8, 4) is 5.75 Å². The zero-order chi connectivity index (χ0) is 17.4. The van der Waals surface area contributed by atoms with Gasteiger partial charge in [0.25, 0.3) is 11.8 Å².